The number of hydrogen-bond acceptors (Lipinski definition) is 5. The molecular weight excluding hydrogens is 273 g/mol. The summed E-state index contributed by atoms with van der Waals surface area (Å²) in [5, 5.41) is 10.6. The highest BCUT2D eigenvalue weighted by Gasteiger charge is 2.13. The molecule has 7 heteroatoms. The van der Waals surface area contributed by atoms with E-state index >= 15 is 0 Å². The van der Waals surface area contributed by atoms with Gasteiger partial charge >= 0.3 is 5.97 Å². The van der Waals surface area contributed by atoms with Gasteiger partial charge in [-0.2, -0.15) is 11.8 Å². The normalized spacial score (nSPS) is 11.9. The molecule has 0 N–H and O–H groups in total. The number of nitro groups is 1. The molecule has 0 bridgehead atoms. The molecule has 1 atom stereocenters. The summed E-state index contributed by atoms with van der Waals surface area (Å²) in [7, 11) is 1.32. The number of rotatable bonds is 6. The van der Waals surface area contributed by atoms with Gasteiger partial charge in [-0.3, -0.25) is 14.9 Å². The molecule has 19 heavy (non-hydrogen) atoms. The maximum Gasteiger partial charge on any atom is 0.306 e. The number of nitrogens with zero attached hydrogens (tertiary/aromatic N) is 1. The van der Waals surface area contributed by atoms with Crippen LogP contribution in [0.25, 0.3) is 0 Å². The first-order valence-corrected chi connectivity index (χ1v) is 6.59. The Labute approximate surface area is 114 Å². The Bertz CT molecular complexity index is 481. The predicted molar refractivity (Wildman–Crippen MR) is 70.4 cm³/mol. The van der Waals surface area contributed by atoms with Gasteiger partial charge < -0.3 is 4.74 Å². The quantitative estimate of drug-likeness (QED) is 0.457. The summed E-state index contributed by atoms with van der Waals surface area (Å²) in [5.74, 6) is -0.549. The van der Waals surface area contributed by atoms with Crippen molar-refractivity contribution in [3.8, 4) is 0 Å². The first-order valence-electron chi connectivity index (χ1n) is 5.54. The van der Waals surface area contributed by atoms with Crippen LogP contribution in [0.2, 0.25) is 0 Å². The minimum Gasteiger partial charge on any atom is -0.469 e. The molecule has 0 aromatic heterocycles. The molecule has 0 spiro atoms. The molecule has 0 fully saturated rings. The molecule has 0 saturated carbocycles. The van der Waals surface area contributed by atoms with Crippen molar-refractivity contribution >= 4 is 23.4 Å². The zero-order valence-electron chi connectivity index (χ0n) is 10.6. The SMILES string of the molecule is COC(=O)CC(C)SCc1cc(F)cc([N+](=O)[O-])c1. The van der Waals surface area contributed by atoms with E-state index in [1.54, 1.807) is 0 Å². The number of ether oxygens (including phenoxy) is 1. The first kappa shape index (κ1) is 15.4. The standard InChI is InChI=1S/C12H14FNO4S/c1-8(3-12(15)18-2)19-7-9-4-10(13)6-11(5-9)14(16)17/h4-6,8H,3,7H2,1-2H3. The van der Waals surface area contributed by atoms with Gasteiger partial charge in [-0.05, 0) is 11.6 Å². The molecule has 1 unspecified atom stereocenters. The lowest BCUT2D eigenvalue weighted by Crippen LogP contribution is -2.08. The fourth-order valence-corrected chi connectivity index (χ4v) is 2.34. The Hall–Kier alpha value is -1.63. The third-order valence-corrected chi connectivity index (χ3v) is 3.61. The number of nitro benzene ring substituents is 1. The summed E-state index contributed by atoms with van der Waals surface area (Å²) >= 11 is 1.41. The number of thioether (sulfide) groups is 1. The average Bonchev–Trinajstić information content (AvgIpc) is 2.35. The topological polar surface area (TPSA) is 69.4 Å². The van der Waals surface area contributed by atoms with E-state index in [0.29, 0.717) is 11.3 Å². The summed E-state index contributed by atoms with van der Waals surface area (Å²) in [5.41, 5.74) is 0.254. The second-order valence-corrected chi connectivity index (χ2v) is 5.40. The van der Waals surface area contributed by atoms with Gasteiger partial charge in [-0.15, -0.1) is 0 Å². The van der Waals surface area contributed by atoms with Crippen LogP contribution in [-0.4, -0.2) is 23.3 Å². The molecule has 0 heterocycles. The van der Waals surface area contributed by atoms with Gasteiger partial charge in [0, 0.05) is 17.1 Å². The van der Waals surface area contributed by atoms with Crippen molar-refractivity contribution in [1.82, 2.24) is 0 Å². The fourth-order valence-electron chi connectivity index (χ4n) is 1.44. The number of non-ortho nitro benzene ring substituents is 1. The van der Waals surface area contributed by atoms with Crippen LogP contribution in [0.3, 0.4) is 0 Å². The second-order valence-electron chi connectivity index (χ2n) is 3.98. The number of methoxy groups -OCH3 is 1. The highest BCUT2D eigenvalue weighted by molar-refractivity contribution is 7.99. The van der Waals surface area contributed by atoms with E-state index in [4.69, 9.17) is 0 Å². The lowest BCUT2D eigenvalue weighted by atomic mass is 10.2. The summed E-state index contributed by atoms with van der Waals surface area (Å²) < 4.78 is 17.7. The van der Waals surface area contributed by atoms with E-state index < -0.39 is 10.7 Å². The highest BCUT2D eigenvalue weighted by atomic mass is 32.2. The van der Waals surface area contributed by atoms with E-state index in [-0.39, 0.29) is 23.3 Å². The average molecular weight is 287 g/mol. The van der Waals surface area contributed by atoms with Gasteiger partial charge in [-0.25, -0.2) is 4.39 Å². The van der Waals surface area contributed by atoms with Crippen LogP contribution in [-0.2, 0) is 15.3 Å². The molecule has 0 aliphatic heterocycles. The van der Waals surface area contributed by atoms with Crippen molar-refractivity contribution < 1.29 is 18.8 Å². The Morgan fingerprint density at radius 1 is 1.53 bits per heavy atom. The molecule has 0 aliphatic carbocycles. The number of esters is 1. The van der Waals surface area contributed by atoms with Crippen LogP contribution in [0.5, 0.6) is 0 Å². The second kappa shape index (κ2) is 7.08. The van der Waals surface area contributed by atoms with Crippen LogP contribution in [0.15, 0.2) is 18.2 Å². The molecule has 5 nitrogen and oxygen atoms in total. The molecule has 1 aromatic carbocycles. The molecule has 0 amide bonds. The van der Waals surface area contributed by atoms with Crippen LogP contribution in [0.4, 0.5) is 10.1 Å². The summed E-state index contributed by atoms with van der Waals surface area (Å²) in [4.78, 5) is 21.0. The molecule has 0 aliphatic rings. The first-order chi connectivity index (χ1) is 8.92. The number of halogens is 1. The van der Waals surface area contributed by atoms with Crippen molar-refractivity contribution in [3.63, 3.8) is 0 Å². The van der Waals surface area contributed by atoms with E-state index in [1.165, 1.54) is 31.0 Å². The molecule has 104 valence electrons. The predicted octanol–water partition coefficient (Wildman–Crippen LogP) is 2.92. The number of benzene rings is 1. The largest absolute Gasteiger partial charge is 0.469 e. The highest BCUT2D eigenvalue weighted by Crippen LogP contribution is 2.24. The lowest BCUT2D eigenvalue weighted by Gasteiger charge is -2.09. The molecule has 1 aromatic rings. The van der Waals surface area contributed by atoms with E-state index in [1.807, 2.05) is 6.92 Å². The third kappa shape index (κ3) is 5.25. The Morgan fingerprint density at radius 3 is 2.79 bits per heavy atom. The number of hydrogen-bond donors (Lipinski definition) is 0. The van der Waals surface area contributed by atoms with Crippen molar-refractivity contribution in [1.29, 1.82) is 0 Å². The van der Waals surface area contributed by atoms with Crippen molar-refractivity contribution in [2.24, 2.45) is 0 Å². The zero-order valence-corrected chi connectivity index (χ0v) is 11.4. The van der Waals surface area contributed by atoms with Gasteiger partial charge in [-0.1, -0.05) is 6.92 Å². The molecule has 1 rings (SSSR count). The van der Waals surface area contributed by atoms with Crippen LogP contribution >= 0.6 is 11.8 Å². The lowest BCUT2D eigenvalue weighted by molar-refractivity contribution is -0.385. The van der Waals surface area contributed by atoms with Crippen LogP contribution in [0.1, 0.15) is 18.9 Å². The van der Waals surface area contributed by atoms with Gasteiger partial charge in [0.05, 0.1) is 24.5 Å². The zero-order chi connectivity index (χ0) is 14.4. The monoisotopic (exact) mass is 287 g/mol. The Morgan fingerprint density at radius 2 is 2.21 bits per heavy atom. The summed E-state index contributed by atoms with van der Waals surface area (Å²) in [6.07, 6.45) is 0.249. The maximum atomic E-state index is 13.2. The molecule has 0 saturated heterocycles. The van der Waals surface area contributed by atoms with E-state index in [2.05, 4.69) is 4.74 Å². The van der Waals surface area contributed by atoms with E-state index in [0.717, 1.165) is 6.07 Å². The maximum absolute atomic E-state index is 13.2. The van der Waals surface area contributed by atoms with Crippen LogP contribution in [0, 0.1) is 15.9 Å². The third-order valence-electron chi connectivity index (χ3n) is 2.37. The van der Waals surface area contributed by atoms with Crippen LogP contribution < -0.4 is 0 Å². The van der Waals surface area contributed by atoms with Gasteiger partial charge in [0.2, 0.25) is 0 Å². The Kier molecular flexibility index (Phi) is 5.75. The minimum atomic E-state index is -0.634. The number of carbonyl (C=O) groups excluding carboxylic acids is 1. The van der Waals surface area contributed by atoms with Gasteiger partial charge in [0.15, 0.2) is 0 Å². The minimum absolute atomic E-state index is 0.00484. The van der Waals surface area contributed by atoms with Gasteiger partial charge in [0.25, 0.3) is 5.69 Å². The smallest absolute Gasteiger partial charge is 0.306 e. The van der Waals surface area contributed by atoms with Crippen molar-refractivity contribution in [2.75, 3.05) is 7.11 Å². The number of carbonyl (C=O) groups is 1. The molecule has 0 radical (unpaired) electrons. The van der Waals surface area contributed by atoms with E-state index in [9.17, 15) is 19.3 Å². The van der Waals surface area contributed by atoms with Gasteiger partial charge in [0.1, 0.15) is 5.82 Å². The van der Waals surface area contributed by atoms with Crippen molar-refractivity contribution in [3.05, 3.63) is 39.7 Å². The summed E-state index contributed by atoms with van der Waals surface area (Å²) in [6, 6.07) is 3.47. The van der Waals surface area contributed by atoms with Crippen molar-refractivity contribution in [2.45, 2.75) is 24.3 Å². The molecular formula is C12H14FNO4S. The Balaban J connectivity index is 2.62. The fraction of sp³-hybridized carbons (Fsp3) is 0.417. The summed E-state index contributed by atoms with van der Waals surface area (Å²) in [6.45, 7) is 1.84.